The summed E-state index contributed by atoms with van der Waals surface area (Å²) in [6.45, 7) is 4.35. The van der Waals surface area contributed by atoms with Crippen molar-refractivity contribution >= 4 is 0 Å². The van der Waals surface area contributed by atoms with Crippen LogP contribution in [0.1, 0.15) is 57.6 Å². The molecule has 0 unspecified atom stereocenters. The lowest BCUT2D eigenvalue weighted by Gasteiger charge is -2.32. The molecule has 0 amide bonds. The summed E-state index contributed by atoms with van der Waals surface area (Å²) >= 11 is 0. The molecule has 1 saturated heterocycles. The lowest BCUT2D eigenvalue weighted by Crippen LogP contribution is -2.54. The van der Waals surface area contributed by atoms with E-state index < -0.39 is 18.3 Å². The maximum absolute atomic E-state index is 9.89. The lowest BCUT2D eigenvalue weighted by atomic mass is 10.0. The van der Waals surface area contributed by atoms with Crippen LogP contribution in [0.4, 0.5) is 0 Å². The number of ether oxygens (including phenoxy) is 1. The first-order valence-corrected chi connectivity index (χ1v) is 9.28. The molecule has 1 aromatic rings. The van der Waals surface area contributed by atoms with Crippen LogP contribution in [0.5, 0.6) is 0 Å². The first-order chi connectivity index (χ1) is 11.7. The SMILES string of the molecule is CCCCCCCCCn1cc(CO[C@@H]2CNC[C@H](O)[C@H]2O)nn1. The van der Waals surface area contributed by atoms with E-state index in [1.54, 1.807) is 0 Å². The van der Waals surface area contributed by atoms with Crippen LogP contribution in [0.15, 0.2) is 6.20 Å². The molecule has 2 heterocycles. The highest BCUT2D eigenvalue weighted by molar-refractivity contribution is 4.91. The molecule has 0 radical (unpaired) electrons. The number of aliphatic hydroxyl groups is 2. The molecule has 2 rings (SSSR count). The molecule has 0 aromatic carbocycles. The van der Waals surface area contributed by atoms with Crippen LogP contribution in [0, 0.1) is 0 Å². The second-order valence-corrected chi connectivity index (χ2v) is 6.66. The van der Waals surface area contributed by atoms with Gasteiger partial charge in [0.25, 0.3) is 0 Å². The van der Waals surface area contributed by atoms with Gasteiger partial charge in [-0.1, -0.05) is 50.7 Å². The van der Waals surface area contributed by atoms with E-state index in [-0.39, 0.29) is 0 Å². The molecule has 1 aliphatic heterocycles. The molecule has 3 atom stereocenters. The van der Waals surface area contributed by atoms with Crippen molar-refractivity contribution in [2.75, 3.05) is 13.1 Å². The van der Waals surface area contributed by atoms with Crippen molar-refractivity contribution in [1.29, 1.82) is 0 Å². The number of hydrogen-bond donors (Lipinski definition) is 3. The number of nitrogens with one attached hydrogen (secondary N) is 1. The van der Waals surface area contributed by atoms with E-state index in [2.05, 4.69) is 22.6 Å². The van der Waals surface area contributed by atoms with Gasteiger partial charge in [0.05, 0.1) is 25.0 Å². The van der Waals surface area contributed by atoms with Gasteiger partial charge in [-0.25, -0.2) is 0 Å². The number of aliphatic hydroxyl groups excluding tert-OH is 2. The normalized spacial score (nSPS) is 24.4. The summed E-state index contributed by atoms with van der Waals surface area (Å²) in [4.78, 5) is 0. The summed E-state index contributed by atoms with van der Waals surface area (Å²) in [5.74, 6) is 0. The average Bonchev–Trinajstić information content (AvgIpc) is 3.03. The van der Waals surface area contributed by atoms with E-state index in [9.17, 15) is 10.2 Å². The number of unbranched alkanes of at least 4 members (excludes halogenated alkanes) is 6. The summed E-state index contributed by atoms with van der Waals surface area (Å²) in [7, 11) is 0. The molecule has 7 heteroatoms. The van der Waals surface area contributed by atoms with Gasteiger partial charge >= 0.3 is 0 Å². The van der Waals surface area contributed by atoms with Crippen LogP contribution in [-0.4, -0.2) is 56.6 Å². The minimum atomic E-state index is -0.853. The second kappa shape index (κ2) is 10.8. The van der Waals surface area contributed by atoms with Gasteiger partial charge in [0.1, 0.15) is 11.8 Å². The van der Waals surface area contributed by atoms with E-state index >= 15 is 0 Å². The van der Waals surface area contributed by atoms with Crippen molar-refractivity contribution in [3.05, 3.63) is 11.9 Å². The van der Waals surface area contributed by atoms with Crippen molar-refractivity contribution in [2.24, 2.45) is 0 Å². The first kappa shape index (κ1) is 19.3. The zero-order valence-corrected chi connectivity index (χ0v) is 14.7. The number of rotatable bonds is 11. The highest BCUT2D eigenvalue weighted by atomic mass is 16.5. The van der Waals surface area contributed by atoms with Gasteiger partial charge in [0.2, 0.25) is 0 Å². The van der Waals surface area contributed by atoms with Crippen LogP contribution in [0.2, 0.25) is 0 Å². The third-order valence-corrected chi connectivity index (χ3v) is 4.50. The maximum Gasteiger partial charge on any atom is 0.108 e. The molecule has 0 saturated carbocycles. The van der Waals surface area contributed by atoms with E-state index in [1.807, 2.05) is 10.9 Å². The van der Waals surface area contributed by atoms with Crippen LogP contribution in [0.25, 0.3) is 0 Å². The van der Waals surface area contributed by atoms with Gasteiger partial charge in [-0.2, -0.15) is 0 Å². The average molecular weight is 340 g/mol. The van der Waals surface area contributed by atoms with Crippen LogP contribution in [-0.2, 0) is 17.9 Å². The topological polar surface area (TPSA) is 92.4 Å². The molecule has 0 bridgehead atoms. The Morgan fingerprint density at radius 1 is 1.17 bits per heavy atom. The monoisotopic (exact) mass is 340 g/mol. The number of aryl methyl sites for hydroxylation is 1. The zero-order valence-electron chi connectivity index (χ0n) is 14.7. The Bertz CT molecular complexity index is 455. The Balaban J connectivity index is 1.60. The van der Waals surface area contributed by atoms with E-state index in [0.717, 1.165) is 18.7 Å². The Morgan fingerprint density at radius 3 is 2.71 bits per heavy atom. The highest BCUT2D eigenvalue weighted by Gasteiger charge is 2.31. The lowest BCUT2D eigenvalue weighted by molar-refractivity contribution is -0.109. The van der Waals surface area contributed by atoms with Crippen LogP contribution < -0.4 is 5.32 Å². The summed E-state index contributed by atoms with van der Waals surface area (Å²) in [5.41, 5.74) is 0.755. The van der Waals surface area contributed by atoms with Crippen molar-refractivity contribution < 1.29 is 14.9 Å². The van der Waals surface area contributed by atoms with Crippen LogP contribution in [0.3, 0.4) is 0 Å². The summed E-state index contributed by atoms with van der Waals surface area (Å²) in [6, 6.07) is 0. The predicted octanol–water partition coefficient (Wildman–Crippen LogP) is 1.24. The molecule has 1 fully saturated rings. The fourth-order valence-electron chi connectivity index (χ4n) is 2.96. The molecule has 0 aliphatic carbocycles. The van der Waals surface area contributed by atoms with E-state index in [1.165, 1.54) is 38.5 Å². The number of hydrogen-bond acceptors (Lipinski definition) is 6. The van der Waals surface area contributed by atoms with Gasteiger partial charge in [0, 0.05) is 19.6 Å². The van der Waals surface area contributed by atoms with Gasteiger partial charge in [0.15, 0.2) is 0 Å². The van der Waals surface area contributed by atoms with Gasteiger partial charge in [-0.15, -0.1) is 5.10 Å². The van der Waals surface area contributed by atoms with Crippen molar-refractivity contribution in [3.8, 4) is 0 Å². The van der Waals surface area contributed by atoms with Crippen molar-refractivity contribution in [1.82, 2.24) is 20.3 Å². The zero-order chi connectivity index (χ0) is 17.2. The number of nitrogens with zero attached hydrogens (tertiary/aromatic N) is 3. The largest absolute Gasteiger partial charge is 0.389 e. The smallest absolute Gasteiger partial charge is 0.108 e. The van der Waals surface area contributed by atoms with Crippen molar-refractivity contribution in [3.63, 3.8) is 0 Å². The summed E-state index contributed by atoms with van der Waals surface area (Å²) in [5, 5.41) is 30.8. The number of piperidine rings is 1. The minimum Gasteiger partial charge on any atom is -0.389 e. The maximum atomic E-state index is 9.89. The highest BCUT2D eigenvalue weighted by Crippen LogP contribution is 2.11. The van der Waals surface area contributed by atoms with Gasteiger partial charge in [-0.05, 0) is 6.42 Å². The molecule has 7 nitrogen and oxygen atoms in total. The number of β-amino-alcohol motifs (C(OH)–C–C–N with tert-alkyl or cyclic N) is 1. The van der Waals surface area contributed by atoms with Crippen molar-refractivity contribution in [2.45, 2.75) is 83.3 Å². The summed E-state index contributed by atoms with van der Waals surface area (Å²) < 4.78 is 7.51. The molecular formula is C17H32N4O3. The first-order valence-electron chi connectivity index (χ1n) is 9.28. The van der Waals surface area contributed by atoms with Gasteiger partial charge in [-0.3, -0.25) is 4.68 Å². The quantitative estimate of drug-likeness (QED) is 0.525. The standard InChI is InChI=1S/C17H32N4O3/c1-2-3-4-5-6-7-8-9-21-12-14(19-20-21)13-24-16-11-18-10-15(22)17(16)23/h12,15-18,22-23H,2-11,13H2,1H3/t15-,16+,17+/m0/s1. The third-order valence-electron chi connectivity index (χ3n) is 4.50. The molecule has 24 heavy (non-hydrogen) atoms. The second-order valence-electron chi connectivity index (χ2n) is 6.66. The molecule has 1 aromatic heterocycles. The fraction of sp³-hybridized carbons (Fsp3) is 0.882. The Labute approximate surface area is 144 Å². The molecule has 138 valence electrons. The Hall–Kier alpha value is -1.02. The third kappa shape index (κ3) is 6.47. The number of aromatic nitrogens is 3. The van der Waals surface area contributed by atoms with E-state index in [4.69, 9.17) is 4.74 Å². The molecule has 0 spiro atoms. The summed E-state index contributed by atoms with van der Waals surface area (Å²) in [6.07, 6.45) is 8.79. The molecule has 1 aliphatic rings. The van der Waals surface area contributed by atoms with Crippen LogP contribution >= 0.6 is 0 Å². The predicted molar refractivity (Wildman–Crippen MR) is 91.5 cm³/mol. The van der Waals surface area contributed by atoms with E-state index in [0.29, 0.717) is 19.7 Å². The van der Waals surface area contributed by atoms with Gasteiger partial charge < -0.3 is 20.3 Å². The Kier molecular flexibility index (Phi) is 8.66. The minimum absolute atomic E-state index is 0.299. The Morgan fingerprint density at radius 2 is 1.92 bits per heavy atom. The molecular weight excluding hydrogens is 308 g/mol. The molecule has 3 N–H and O–H groups in total. The fourth-order valence-corrected chi connectivity index (χ4v) is 2.96.